The van der Waals surface area contributed by atoms with E-state index in [0.717, 1.165) is 56.6 Å². The lowest BCUT2D eigenvalue weighted by atomic mass is 10.0. The van der Waals surface area contributed by atoms with Crippen LogP contribution in [-0.4, -0.2) is 41.9 Å². The van der Waals surface area contributed by atoms with Crippen LogP contribution in [-0.2, 0) is 12.0 Å². The summed E-state index contributed by atoms with van der Waals surface area (Å²) in [5.41, 5.74) is 5.57. The van der Waals surface area contributed by atoms with Crippen molar-refractivity contribution in [3.8, 4) is 16.9 Å². The molecule has 164 valence electrons. The maximum absolute atomic E-state index is 10.4. The van der Waals surface area contributed by atoms with Gasteiger partial charge in [0.1, 0.15) is 5.75 Å². The molecule has 1 aromatic carbocycles. The van der Waals surface area contributed by atoms with Gasteiger partial charge in [-0.25, -0.2) is 15.0 Å². The lowest BCUT2D eigenvalue weighted by Gasteiger charge is -2.20. The van der Waals surface area contributed by atoms with Gasteiger partial charge in [0, 0.05) is 58.4 Å². The molecule has 4 heterocycles. The molecule has 0 saturated carbocycles. The molecule has 1 aliphatic heterocycles. The number of aromatic hydroxyl groups is 1. The molecule has 0 unspecified atom stereocenters. The molecule has 0 bridgehead atoms. The molecule has 0 amide bonds. The number of nitrogens with one attached hydrogen (secondary N) is 1. The predicted octanol–water partition coefficient (Wildman–Crippen LogP) is 5.00. The Hall–Kier alpha value is -2.40. The molecular weight excluding hydrogens is 535 g/mol. The summed E-state index contributed by atoms with van der Waals surface area (Å²) < 4.78 is 2.93. The van der Waals surface area contributed by atoms with E-state index >= 15 is 0 Å². The van der Waals surface area contributed by atoms with Gasteiger partial charge >= 0.3 is 0 Å². The molecule has 0 atom stereocenters. The van der Waals surface area contributed by atoms with Gasteiger partial charge in [-0.15, -0.1) is 0 Å². The van der Waals surface area contributed by atoms with E-state index in [0.29, 0.717) is 10.4 Å². The second kappa shape index (κ2) is 8.18. The number of fused-ring (bicyclic) bond motifs is 3. The zero-order valence-electron chi connectivity index (χ0n) is 18.1. The fraction of sp³-hybridized carbons (Fsp3) is 0.304. The van der Waals surface area contributed by atoms with Crippen LogP contribution in [0.4, 0.5) is 5.82 Å². The van der Waals surface area contributed by atoms with Crippen LogP contribution in [0.2, 0.25) is 0 Å². The predicted molar refractivity (Wildman–Crippen MR) is 136 cm³/mol. The van der Waals surface area contributed by atoms with Crippen LogP contribution in [0.15, 0.2) is 41.8 Å². The first-order valence-electron chi connectivity index (χ1n) is 10.4. The minimum absolute atomic E-state index is 0.0173. The average molecular weight is 558 g/mol. The number of nitrogens with zero attached hydrogens (tertiary/aromatic N) is 5. The van der Waals surface area contributed by atoms with E-state index in [1.54, 1.807) is 24.0 Å². The number of benzene rings is 1. The number of aryl methyl sites for hydroxylation is 1. The van der Waals surface area contributed by atoms with Gasteiger partial charge in [-0.2, -0.15) is 0 Å². The molecule has 4 aromatic rings. The summed E-state index contributed by atoms with van der Waals surface area (Å²) in [5.74, 6) is 2.02. The molecule has 7 nitrogen and oxygen atoms in total. The van der Waals surface area contributed by atoms with E-state index in [9.17, 15) is 5.11 Å². The van der Waals surface area contributed by atoms with Crippen molar-refractivity contribution in [3.05, 3.63) is 51.6 Å². The molecule has 0 aliphatic carbocycles. The normalized spacial score (nSPS) is 14.6. The van der Waals surface area contributed by atoms with E-state index in [2.05, 4.69) is 61.3 Å². The second-order valence-electron chi connectivity index (χ2n) is 8.62. The van der Waals surface area contributed by atoms with Crippen LogP contribution in [0.1, 0.15) is 25.0 Å². The number of thioether (sulfide) groups is 1. The first-order valence-corrected chi connectivity index (χ1v) is 12.5. The molecular formula is C23H23IN6OS. The zero-order valence-corrected chi connectivity index (χ0v) is 21.0. The van der Waals surface area contributed by atoms with Crippen molar-refractivity contribution in [1.29, 1.82) is 0 Å². The number of rotatable bonds is 5. The van der Waals surface area contributed by atoms with Crippen LogP contribution < -0.4 is 5.32 Å². The van der Waals surface area contributed by atoms with Crippen molar-refractivity contribution < 1.29 is 5.11 Å². The first kappa shape index (κ1) is 21.4. The Balaban J connectivity index is 1.38. The Morgan fingerprint density at radius 3 is 2.84 bits per heavy atom. The minimum atomic E-state index is -0.0173. The summed E-state index contributed by atoms with van der Waals surface area (Å²) in [7, 11) is 0. The zero-order chi connectivity index (χ0) is 22.5. The molecule has 1 aliphatic rings. The summed E-state index contributed by atoms with van der Waals surface area (Å²) in [6.45, 7) is 7.12. The van der Waals surface area contributed by atoms with Gasteiger partial charge in [-0.3, -0.25) is 9.55 Å². The molecule has 0 spiro atoms. The molecule has 3 aromatic heterocycles. The fourth-order valence-corrected chi connectivity index (χ4v) is 5.68. The van der Waals surface area contributed by atoms with Gasteiger partial charge in [-0.1, -0.05) is 17.8 Å². The average Bonchev–Trinajstić information content (AvgIpc) is 3.26. The SMILES string of the molecule is Cc1cncc(-c2cc(CCNc3nc(I)nc4c3nc3n4C(C)(C)CS3)ccc2O)c1. The van der Waals surface area contributed by atoms with Crippen molar-refractivity contribution in [2.24, 2.45) is 0 Å². The second-order valence-corrected chi connectivity index (χ2v) is 10.5. The molecule has 2 N–H and O–H groups in total. The van der Waals surface area contributed by atoms with Gasteiger partial charge in [0.2, 0.25) is 0 Å². The van der Waals surface area contributed by atoms with Crippen LogP contribution >= 0.6 is 34.4 Å². The number of imidazole rings is 1. The van der Waals surface area contributed by atoms with E-state index in [4.69, 9.17) is 4.98 Å². The highest BCUT2D eigenvalue weighted by molar-refractivity contribution is 14.1. The van der Waals surface area contributed by atoms with Crippen molar-refractivity contribution in [2.75, 3.05) is 17.6 Å². The molecule has 5 rings (SSSR count). The van der Waals surface area contributed by atoms with Gasteiger partial charge in [0.25, 0.3) is 0 Å². The molecule has 9 heteroatoms. The minimum Gasteiger partial charge on any atom is -0.507 e. The molecule has 0 saturated heterocycles. The summed E-state index contributed by atoms with van der Waals surface area (Å²) in [6, 6.07) is 7.75. The summed E-state index contributed by atoms with van der Waals surface area (Å²) in [4.78, 5) is 18.4. The monoisotopic (exact) mass is 558 g/mol. The highest BCUT2D eigenvalue weighted by Gasteiger charge is 2.34. The first-order chi connectivity index (χ1) is 15.3. The van der Waals surface area contributed by atoms with Crippen molar-refractivity contribution in [3.63, 3.8) is 0 Å². The number of anilines is 1. The number of aromatic nitrogens is 5. The van der Waals surface area contributed by atoms with Gasteiger partial charge in [-0.05, 0) is 56.5 Å². The fourth-order valence-electron chi connectivity index (χ4n) is 3.98. The van der Waals surface area contributed by atoms with Crippen LogP contribution in [0.3, 0.4) is 0 Å². The quantitative estimate of drug-likeness (QED) is 0.263. The summed E-state index contributed by atoms with van der Waals surface area (Å²) in [5, 5.41) is 14.8. The van der Waals surface area contributed by atoms with Crippen molar-refractivity contribution >= 4 is 51.3 Å². The van der Waals surface area contributed by atoms with E-state index < -0.39 is 0 Å². The van der Waals surface area contributed by atoms with Gasteiger partial charge in [0.05, 0.1) is 5.54 Å². The number of pyridine rings is 1. The number of phenolic OH excluding ortho intramolecular Hbond substituents is 1. The Bertz CT molecular complexity index is 1340. The lowest BCUT2D eigenvalue weighted by Crippen LogP contribution is -2.24. The van der Waals surface area contributed by atoms with Gasteiger partial charge < -0.3 is 10.4 Å². The Kier molecular flexibility index (Phi) is 5.48. The van der Waals surface area contributed by atoms with E-state index in [-0.39, 0.29) is 11.3 Å². The molecule has 0 radical (unpaired) electrons. The Labute approximate surface area is 204 Å². The highest BCUT2D eigenvalue weighted by atomic mass is 127. The van der Waals surface area contributed by atoms with Crippen LogP contribution in [0, 0.1) is 10.8 Å². The molecule has 32 heavy (non-hydrogen) atoms. The number of hydrogen-bond acceptors (Lipinski definition) is 7. The lowest BCUT2D eigenvalue weighted by molar-refractivity contribution is 0.404. The number of halogens is 1. The Morgan fingerprint density at radius 2 is 2.03 bits per heavy atom. The van der Waals surface area contributed by atoms with Gasteiger partial charge in [0.15, 0.2) is 26.0 Å². The summed E-state index contributed by atoms with van der Waals surface area (Å²) >= 11 is 3.93. The maximum atomic E-state index is 10.4. The molecule has 0 fully saturated rings. The third-order valence-corrected chi connectivity index (χ3v) is 7.43. The third kappa shape index (κ3) is 3.92. The van der Waals surface area contributed by atoms with E-state index in [1.807, 2.05) is 31.3 Å². The standard InChI is InChI=1S/C23H23IN6OS/c1-13-8-15(11-25-10-13)16-9-14(4-5-17(16)31)6-7-26-19-18-20(29-21(24)28-19)30-22(27-18)32-12-23(30,2)3/h4-5,8-11,31H,6-7,12H2,1-3H3,(H,26,28,29). The topological polar surface area (TPSA) is 88.8 Å². The van der Waals surface area contributed by atoms with Crippen LogP contribution in [0.5, 0.6) is 5.75 Å². The number of phenols is 1. The van der Waals surface area contributed by atoms with E-state index in [1.165, 1.54) is 0 Å². The largest absolute Gasteiger partial charge is 0.507 e. The van der Waals surface area contributed by atoms with Crippen LogP contribution in [0.25, 0.3) is 22.3 Å². The third-order valence-electron chi connectivity index (χ3n) is 5.56. The van der Waals surface area contributed by atoms with Crippen molar-refractivity contribution in [1.82, 2.24) is 24.5 Å². The number of hydrogen-bond donors (Lipinski definition) is 2. The Morgan fingerprint density at radius 1 is 1.19 bits per heavy atom. The maximum Gasteiger partial charge on any atom is 0.194 e. The smallest absolute Gasteiger partial charge is 0.194 e. The van der Waals surface area contributed by atoms with Crippen molar-refractivity contribution in [2.45, 2.75) is 37.9 Å². The highest BCUT2D eigenvalue weighted by Crippen LogP contribution is 2.40. The summed E-state index contributed by atoms with van der Waals surface area (Å²) in [6.07, 6.45) is 4.37.